The van der Waals surface area contributed by atoms with Crippen LogP contribution >= 0.6 is 12.2 Å². The first-order valence-corrected chi connectivity index (χ1v) is 7.17. The van der Waals surface area contributed by atoms with E-state index in [9.17, 15) is 0 Å². The van der Waals surface area contributed by atoms with Gasteiger partial charge in [-0.15, -0.1) is 0 Å². The van der Waals surface area contributed by atoms with Crippen LogP contribution in [0.2, 0.25) is 0 Å². The second-order valence-electron chi connectivity index (χ2n) is 4.42. The van der Waals surface area contributed by atoms with Gasteiger partial charge in [0.25, 0.3) is 0 Å². The molecule has 1 aromatic heterocycles. The summed E-state index contributed by atoms with van der Waals surface area (Å²) in [5.74, 6) is 0.744. The van der Waals surface area contributed by atoms with Crippen molar-refractivity contribution in [2.45, 2.75) is 6.42 Å². The van der Waals surface area contributed by atoms with Gasteiger partial charge in [0.2, 0.25) is 0 Å². The largest absolute Gasteiger partial charge is 0.491 e. The van der Waals surface area contributed by atoms with E-state index in [-0.39, 0.29) is 0 Å². The zero-order valence-corrected chi connectivity index (χ0v) is 12.5. The van der Waals surface area contributed by atoms with Crippen LogP contribution < -0.4 is 10.5 Å². The van der Waals surface area contributed by atoms with Crippen LogP contribution in [-0.4, -0.2) is 29.8 Å². The van der Waals surface area contributed by atoms with E-state index < -0.39 is 0 Å². The molecule has 5 heteroatoms. The standard InChI is InChI=1S/C16H18N2O2S/c17-16(21)13-4-3-6-15(12-13)20-11-10-19-9-7-14-5-1-2-8-18-14/h1-6,8,12H,7,9-11H2,(H2,17,21). The Bertz CT molecular complexity index is 575. The number of nitrogens with zero attached hydrogens (tertiary/aromatic N) is 1. The van der Waals surface area contributed by atoms with Crippen molar-refractivity contribution in [2.75, 3.05) is 19.8 Å². The van der Waals surface area contributed by atoms with Gasteiger partial charge in [0, 0.05) is 23.9 Å². The van der Waals surface area contributed by atoms with Crippen LogP contribution in [0.5, 0.6) is 5.75 Å². The highest BCUT2D eigenvalue weighted by atomic mass is 32.1. The van der Waals surface area contributed by atoms with Gasteiger partial charge in [-0.25, -0.2) is 0 Å². The fourth-order valence-electron chi connectivity index (χ4n) is 1.78. The highest BCUT2D eigenvalue weighted by Crippen LogP contribution is 2.13. The molecule has 0 spiro atoms. The molecule has 110 valence electrons. The lowest BCUT2D eigenvalue weighted by Crippen LogP contribution is -2.11. The molecule has 0 radical (unpaired) electrons. The van der Waals surface area contributed by atoms with Gasteiger partial charge in [0.05, 0.1) is 13.2 Å². The first kappa shape index (κ1) is 15.4. The predicted octanol–water partition coefficient (Wildman–Crippen LogP) is 2.35. The Morgan fingerprint density at radius 1 is 1.10 bits per heavy atom. The third kappa shape index (κ3) is 5.49. The number of hydrogen-bond donors (Lipinski definition) is 1. The fraction of sp³-hybridized carbons (Fsp3) is 0.250. The van der Waals surface area contributed by atoms with Gasteiger partial charge in [-0.05, 0) is 24.3 Å². The van der Waals surface area contributed by atoms with Crippen LogP contribution in [0.15, 0.2) is 48.7 Å². The van der Waals surface area contributed by atoms with E-state index in [2.05, 4.69) is 4.98 Å². The lowest BCUT2D eigenvalue weighted by molar-refractivity contribution is 0.102. The van der Waals surface area contributed by atoms with Crippen LogP contribution in [-0.2, 0) is 11.2 Å². The average Bonchev–Trinajstić information content (AvgIpc) is 2.52. The summed E-state index contributed by atoms with van der Waals surface area (Å²) < 4.78 is 11.1. The summed E-state index contributed by atoms with van der Waals surface area (Å²) in [5, 5.41) is 0. The van der Waals surface area contributed by atoms with Crippen molar-refractivity contribution in [2.24, 2.45) is 5.73 Å². The third-order valence-electron chi connectivity index (χ3n) is 2.84. The smallest absolute Gasteiger partial charge is 0.120 e. The van der Waals surface area contributed by atoms with Crippen LogP contribution in [0.3, 0.4) is 0 Å². The zero-order valence-electron chi connectivity index (χ0n) is 11.7. The molecule has 0 saturated heterocycles. The summed E-state index contributed by atoms with van der Waals surface area (Å²) in [6.45, 7) is 1.65. The molecule has 21 heavy (non-hydrogen) atoms. The number of pyridine rings is 1. The van der Waals surface area contributed by atoms with Crippen molar-refractivity contribution in [1.82, 2.24) is 4.98 Å². The van der Waals surface area contributed by atoms with Gasteiger partial charge in [-0.3, -0.25) is 4.98 Å². The van der Waals surface area contributed by atoms with E-state index in [0.717, 1.165) is 23.4 Å². The molecule has 2 rings (SSSR count). The van der Waals surface area contributed by atoms with Gasteiger partial charge < -0.3 is 15.2 Å². The van der Waals surface area contributed by atoms with Crippen molar-refractivity contribution >= 4 is 17.2 Å². The van der Waals surface area contributed by atoms with Crippen LogP contribution in [0.25, 0.3) is 0 Å². The van der Waals surface area contributed by atoms with Gasteiger partial charge in [-0.2, -0.15) is 0 Å². The number of ether oxygens (including phenoxy) is 2. The van der Waals surface area contributed by atoms with Crippen molar-refractivity contribution in [1.29, 1.82) is 0 Å². The van der Waals surface area contributed by atoms with Crippen LogP contribution in [0, 0.1) is 0 Å². The summed E-state index contributed by atoms with van der Waals surface area (Å²) in [6.07, 6.45) is 2.59. The number of hydrogen-bond acceptors (Lipinski definition) is 4. The van der Waals surface area contributed by atoms with Gasteiger partial charge >= 0.3 is 0 Å². The lowest BCUT2D eigenvalue weighted by atomic mass is 10.2. The normalized spacial score (nSPS) is 10.3. The van der Waals surface area contributed by atoms with Crippen molar-refractivity contribution in [3.8, 4) is 5.75 Å². The van der Waals surface area contributed by atoms with Crippen LogP contribution in [0.4, 0.5) is 0 Å². The minimum absolute atomic E-state index is 0.368. The maximum Gasteiger partial charge on any atom is 0.120 e. The molecule has 0 bridgehead atoms. The van der Waals surface area contributed by atoms with E-state index in [4.69, 9.17) is 27.4 Å². The van der Waals surface area contributed by atoms with Gasteiger partial charge in [0.15, 0.2) is 0 Å². The van der Waals surface area contributed by atoms with Crippen LogP contribution in [0.1, 0.15) is 11.3 Å². The number of nitrogens with two attached hydrogens (primary N) is 1. The third-order valence-corrected chi connectivity index (χ3v) is 3.08. The summed E-state index contributed by atoms with van der Waals surface area (Å²) in [5.41, 5.74) is 7.41. The number of rotatable bonds is 8. The van der Waals surface area contributed by atoms with E-state index in [1.54, 1.807) is 6.20 Å². The number of aromatic nitrogens is 1. The molecule has 2 N–H and O–H groups in total. The molecule has 0 fully saturated rings. The average molecular weight is 302 g/mol. The maximum absolute atomic E-state index is 5.59. The monoisotopic (exact) mass is 302 g/mol. The Labute approximate surface area is 129 Å². The molecule has 4 nitrogen and oxygen atoms in total. The van der Waals surface area contributed by atoms with Crippen molar-refractivity contribution in [3.63, 3.8) is 0 Å². The highest BCUT2D eigenvalue weighted by molar-refractivity contribution is 7.80. The summed E-state index contributed by atoms with van der Waals surface area (Å²) in [7, 11) is 0. The van der Waals surface area contributed by atoms with E-state index in [1.807, 2.05) is 42.5 Å². The Hall–Kier alpha value is -1.98. The molecule has 0 aliphatic rings. The first-order chi connectivity index (χ1) is 10.3. The molecule has 2 aromatic rings. The Balaban J connectivity index is 1.64. The van der Waals surface area contributed by atoms with Crippen molar-refractivity contribution in [3.05, 3.63) is 59.9 Å². The Kier molecular flexibility index (Phi) is 6.12. The molecule has 0 aliphatic heterocycles. The molecular weight excluding hydrogens is 284 g/mol. The number of benzene rings is 1. The quantitative estimate of drug-likeness (QED) is 0.599. The molecule has 1 heterocycles. The van der Waals surface area contributed by atoms with Gasteiger partial charge in [0.1, 0.15) is 17.3 Å². The fourth-order valence-corrected chi connectivity index (χ4v) is 1.91. The van der Waals surface area contributed by atoms with Crippen molar-refractivity contribution < 1.29 is 9.47 Å². The molecule has 0 saturated carbocycles. The second kappa shape index (κ2) is 8.34. The number of thiocarbonyl (C=S) groups is 1. The first-order valence-electron chi connectivity index (χ1n) is 6.76. The predicted molar refractivity (Wildman–Crippen MR) is 86.6 cm³/mol. The SMILES string of the molecule is NC(=S)c1cccc(OCCOCCc2ccccn2)c1. The highest BCUT2D eigenvalue weighted by Gasteiger charge is 1.99. The summed E-state index contributed by atoms with van der Waals surface area (Å²) >= 11 is 4.93. The van der Waals surface area contributed by atoms with E-state index >= 15 is 0 Å². The summed E-state index contributed by atoms with van der Waals surface area (Å²) in [4.78, 5) is 4.60. The molecular formula is C16H18N2O2S. The molecule has 1 aromatic carbocycles. The second-order valence-corrected chi connectivity index (χ2v) is 4.86. The Morgan fingerprint density at radius 3 is 2.76 bits per heavy atom. The van der Waals surface area contributed by atoms with E-state index in [0.29, 0.717) is 24.8 Å². The molecule has 0 aliphatic carbocycles. The van der Waals surface area contributed by atoms with Gasteiger partial charge in [-0.1, -0.05) is 30.4 Å². The maximum atomic E-state index is 5.59. The minimum atomic E-state index is 0.368. The van der Waals surface area contributed by atoms with E-state index in [1.165, 1.54) is 0 Å². The summed E-state index contributed by atoms with van der Waals surface area (Å²) in [6, 6.07) is 13.3. The molecule has 0 amide bonds. The minimum Gasteiger partial charge on any atom is -0.491 e. The zero-order chi connectivity index (χ0) is 14.9. The molecule has 0 atom stereocenters. The lowest BCUT2D eigenvalue weighted by Gasteiger charge is -2.08. The molecule has 0 unspecified atom stereocenters. The topological polar surface area (TPSA) is 57.4 Å². The Morgan fingerprint density at radius 2 is 2.00 bits per heavy atom.